The van der Waals surface area contributed by atoms with Gasteiger partial charge in [0.1, 0.15) is 5.57 Å². The number of para-hydroxylation sites is 2. The van der Waals surface area contributed by atoms with Crippen LogP contribution >= 0.6 is 23.2 Å². The van der Waals surface area contributed by atoms with Crippen LogP contribution in [0.1, 0.15) is 16.7 Å². The van der Waals surface area contributed by atoms with Crippen LogP contribution in [-0.4, -0.2) is 17.8 Å². The number of hydrogen-bond acceptors (Lipinski definition) is 3. The number of imide groups is 2. The van der Waals surface area contributed by atoms with Crippen molar-refractivity contribution in [1.82, 2.24) is 0 Å². The molecule has 4 amide bonds. The summed E-state index contributed by atoms with van der Waals surface area (Å²) < 4.78 is 0. The highest BCUT2D eigenvalue weighted by Gasteiger charge is 2.43. The monoisotopic (exact) mass is 526 g/mol. The minimum Gasteiger partial charge on any atom is -0.268 e. The van der Waals surface area contributed by atoms with Gasteiger partial charge in [0.25, 0.3) is 11.8 Å². The Hall–Kier alpha value is -4.19. The molecule has 1 saturated heterocycles. The van der Waals surface area contributed by atoms with E-state index in [1.165, 1.54) is 6.08 Å². The van der Waals surface area contributed by atoms with Crippen LogP contribution in [-0.2, 0) is 16.0 Å². The first-order chi connectivity index (χ1) is 17.9. The van der Waals surface area contributed by atoms with Gasteiger partial charge in [0.15, 0.2) is 0 Å². The minimum absolute atomic E-state index is 0.151. The lowest BCUT2D eigenvalue weighted by molar-refractivity contribution is -0.121. The smallest absolute Gasteiger partial charge is 0.268 e. The van der Waals surface area contributed by atoms with Gasteiger partial charge in [0, 0.05) is 16.5 Å². The molecule has 1 aliphatic heterocycles. The van der Waals surface area contributed by atoms with E-state index in [-0.39, 0.29) is 5.57 Å². The topological polar surface area (TPSA) is 57.7 Å². The Morgan fingerprint density at radius 1 is 0.595 bits per heavy atom. The number of rotatable bonds is 5. The van der Waals surface area contributed by atoms with Crippen LogP contribution in [0, 0.1) is 0 Å². The predicted molar refractivity (Wildman–Crippen MR) is 147 cm³/mol. The maximum Gasteiger partial charge on any atom is 0.343 e. The normalized spacial score (nSPS) is 13.8. The highest BCUT2D eigenvalue weighted by molar-refractivity contribution is 6.46. The summed E-state index contributed by atoms with van der Waals surface area (Å²) in [4.78, 5) is 42.4. The molecular formula is C30H20Cl2N2O3. The number of carbonyl (C=O) groups is 3. The van der Waals surface area contributed by atoms with Crippen molar-refractivity contribution in [3.05, 3.63) is 135 Å². The molecule has 0 spiro atoms. The molecule has 0 unspecified atom stereocenters. The second-order valence-corrected chi connectivity index (χ2v) is 9.23. The van der Waals surface area contributed by atoms with E-state index in [1.807, 2.05) is 30.3 Å². The SMILES string of the molecule is O=C1C(=Cc2ccc(Cc3ccccc3Cl)c(Cl)c2)C(=O)N(c2ccccc2)C(=O)N1c1ccccc1. The summed E-state index contributed by atoms with van der Waals surface area (Å²) in [6.07, 6.45) is 2.00. The maximum absolute atomic E-state index is 13.5. The van der Waals surface area contributed by atoms with Gasteiger partial charge in [-0.25, -0.2) is 14.6 Å². The van der Waals surface area contributed by atoms with E-state index in [4.69, 9.17) is 23.2 Å². The molecule has 0 N–H and O–H groups in total. The molecular weight excluding hydrogens is 507 g/mol. The van der Waals surface area contributed by atoms with Crippen LogP contribution in [0.5, 0.6) is 0 Å². The van der Waals surface area contributed by atoms with E-state index in [2.05, 4.69) is 0 Å². The Bertz CT molecular complexity index is 1470. The summed E-state index contributed by atoms with van der Waals surface area (Å²) in [5, 5.41) is 1.12. The summed E-state index contributed by atoms with van der Waals surface area (Å²) in [5.41, 5.74) is 2.92. The fraction of sp³-hybridized carbons (Fsp3) is 0.0333. The Kier molecular flexibility index (Phi) is 6.91. The first-order valence-electron chi connectivity index (χ1n) is 11.5. The molecule has 0 saturated carbocycles. The molecule has 0 radical (unpaired) electrons. The Morgan fingerprint density at radius 2 is 1.11 bits per heavy atom. The zero-order valence-electron chi connectivity index (χ0n) is 19.5. The second kappa shape index (κ2) is 10.4. The third-order valence-electron chi connectivity index (χ3n) is 6.01. The fourth-order valence-corrected chi connectivity index (χ4v) is 4.61. The number of anilines is 2. The number of urea groups is 1. The number of carbonyl (C=O) groups excluding carboxylic acids is 3. The zero-order chi connectivity index (χ0) is 25.9. The molecule has 4 aromatic rings. The van der Waals surface area contributed by atoms with Gasteiger partial charge < -0.3 is 0 Å². The third kappa shape index (κ3) is 4.92. The van der Waals surface area contributed by atoms with Crippen LogP contribution in [0.3, 0.4) is 0 Å². The van der Waals surface area contributed by atoms with Crippen molar-refractivity contribution >= 4 is 58.5 Å². The number of benzene rings is 4. The number of hydrogen-bond donors (Lipinski definition) is 0. The summed E-state index contributed by atoms with van der Waals surface area (Å²) >= 11 is 12.9. The molecule has 1 aliphatic rings. The predicted octanol–water partition coefficient (Wildman–Crippen LogP) is 7.17. The molecule has 182 valence electrons. The Labute approximate surface area is 224 Å². The van der Waals surface area contributed by atoms with E-state index in [0.29, 0.717) is 33.4 Å². The lowest BCUT2D eigenvalue weighted by atomic mass is 10.0. The third-order valence-corrected chi connectivity index (χ3v) is 6.73. The molecule has 37 heavy (non-hydrogen) atoms. The van der Waals surface area contributed by atoms with E-state index in [1.54, 1.807) is 72.8 Å². The first-order valence-corrected chi connectivity index (χ1v) is 12.3. The van der Waals surface area contributed by atoms with Crippen molar-refractivity contribution < 1.29 is 14.4 Å². The van der Waals surface area contributed by atoms with Crippen molar-refractivity contribution in [2.24, 2.45) is 0 Å². The molecule has 0 atom stereocenters. The van der Waals surface area contributed by atoms with Crippen molar-refractivity contribution in [3.8, 4) is 0 Å². The van der Waals surface area contributed by atoms with Crippen LogP contribution in [0.4, 0.5) is 16.2 Å². The Morgan fingerprint density at radius 3 is 1.65 bits per heavy atom. The van der Waals surface area contributed by atoms with Crippen molar-refractivity contribution in [3.63, 3.8) is 0 Å². The van der Waals surface area contributed by atoms with E-state index >= 15 is 0 Å². The highest BCUT2D eigenvalue weighted by Crippen LogP contribution is 2.31. The minimum atomic E-state index is -0.738. The van der Waals surface area contributed by atoms with Crippen LogP contribution < -0.4 is 9.80 Å². The van der Waals surface area contributed by atoms with E-state index < -0.39 is 17.8 Å². The first kappa shape index (κ1) is 24.5. The lowest BCUT2D eigenvalue weighted by Gasteiger charge is -2.33. The fourth-order valence-electron chi connectivity index (χ4n) is 4.15. The van der Waals surface area contributed by atoms with Gasteiger partial charge in [0.2, 0.25) is 0 Å². The van der Waals surface area contributed by atoms with Crippen molar-refractivity contribution in [1.29, 1.82) is 0 Å². The average molecular weight is 527 g/mol. The molecule has 0 aromatic heterocycles. The molecule has 4 aromatic carbocycles. The summed E-state index contributed by atoms with van der Waals surface area (Å²) in [7, 11) is 0. The zero-order valence-corrected chi connectivity index (χ0v) is 21.0. The lowest BCUT2D eigenvalue weighted by Crippen LogP contribution is -2.57. The summed E-state index contributed by atoms with van der Waals surface area (Å²) in [5.74, 6) is -1.41. The number of nitrogens with zero attached hydrogens (tertiary/aromatic N) is 2. The van der Waals surface area contributed by atoms with Crippen LogP contribution in [0.2, 0.25) is 10.0 Å². The maximum atomic E-state index is 13.5. The molecule has 5 nitrogen and oxygen atoms in total. The second-order valence-electron chi connectivity index (χ2n) is 8.41. The number of amides is 4. The average Bonchev–Trinajstić information content (AvgIpc) is 2.90. The molecule has 0 aliphatic carbocycles. The summed E-state index contributed by atoms with van der Waals surface area (Å²) in [6, 6.07) is 29.1. The van der Waals surface area contributed by atoms with E-state index in [0.717, 1.165) is 20.9 Å². The summed E-state index contributed by atoms with van der Waals surface area (Å²) in [6.45, 7) is 0. The standard InChI is InChI=1S/C30H20Cl2N2O3/c31-26-14-8-7-9-21(26)19-22-16-15-20(18-27(22)32)17-25-28(35)33(23-10-3-1-4-11-23)30(37)34(29(25)36)24-12-5-2-6-13-24/h1-18H,19H2. The highest BCUT2D eigenvalue weighted by atomic mass is 35.5. The van der Waals surface area contributed by atoms with E-state index in [9.17, 15) is 14.4 Å². The molecule has 0 bridgehead atoms. The molecule has 5 rings (SSSR count). The largest absolute Gasteiger partial charge is 0.343 e. The number of halogens is 2. The van der Waals surface area contributed by atoms with Gasteiger partial charge in [0.05, 0.1) is 11.4 Å². The van der Waals surface area contributed by atoms with Gasteiger partial charge in [-0.2, -0.15) is 0 Å². The van der Waals surface area contributed by atoms with Crippen LogP contribution in [0.25, 0.3) is 6.08 Å². The quantitative estimate of drug-likeness (QED) is 0.204. The van der Waals surface area contributed by atoms with Crippen molar-refractivity contribution in [2.45, 2.75) is 6.42 Å². The Balaban J connectivity index is 1.54. The van der Waals surface area contributed by atoms with Gasteiger partial charge in [-0.1, -0.05) is 89.9 Å². The molecule has 1 fully saturated rings. The van der Waals surface area contributed by atoms with Crippen molar-refractivity contribution in [2.75, 3.05) is 9.80 Å². The van der Waals surface area contributed by atoms with Gasteiger partial charge >= 0.3 is 6.03 Å². The number of barbiturate groups is 1. The van der Waals surface area contributed by atoms with Gasteiger partial charge in [-0.3, -0.25) is 9.59 Å². The molecule has 7 heteroatoms. The molecule has 1 heterocycles. The van der Waals surface area contributed by atoms with Crippen LogP contribution in [0.15, 0.2) is 109 Å². The van der Waals surface area contributed by atoms with Gasteiger partial charge in [-0.05, 0) is 59.2 Å². The van der Waals surface area contributed by atoms with Gasteiger partial charge in [-0.15, -0.1) is 0 Å².